The van der Waals surface area contributed by atoms with E-state index in [9.17, 15) is 13.6 Å². The third-order valence-electron chi connectivity index (χ3n) is 4.75. The summed E-state index contributed by atoms with van der Waals surface area (Å²) >= 11 is 0. The van der Waals surface area contributed by atoms with Crippen molar-refractivity contribution in [3.63, 3.8) is 0 Å². The van der Waals surface area contributed by atoms with E-state index < -0.39 is 6.61 Å². The molecule has 0 spiro atoms. The van der Waals surface area contributed by atoms with E-state index in [2.05, 4.69) is 9.72 Å². The van der Waals surface area contributed by atoms with Crippen molar-refractivity contribution in [2.75, 3.05) is 0 Å². The molecule has 0 amide bonds. The lowest BCUT2D eigenvalue weighted by atomic mass is 9.99. The van der Waals surface area contributed by atoms with Crippen LogP contribution in [0.25, 0.3) is 27.6 Å². The van der Waals surface area contributed by atoms with Gasteiger partial charge in [0.15, 0.2) is 0 Å². The molecular weight excluding hydrogens is 374 g/mol. The molecule has 2 aromatic heterocycles. The largest absolute Gasteiger partial charge is 0.433 e. The predicted molar refractivity (Wildman–Crippen MR) is 109 cm³/mol. The van der Waals surface area contributed by atoms with Gasteiger partial charge in [0.2, 0.25) is 0 Å². The molecule has 0 atom stereocenters. The number of fused-ring (bicyclic) bond motifs is 1. The molecule has 4 aromatic rings. The number of hydrogen-bond acceptors (Lipinski definition) is 3. The number of aryl methyl sites for hydroxylation is 1. The minimum Gasteiger partial charge on any atom is -0.433 e. The minimum absolute atomic E-state index is 0.0527. The average Bonchev–Trinajstić information content (AvgIpc) is 2.73. The Morgan fingerprint density at radius 3 is 2.55 bits per heavy atom. The van der Waals surface area contributed by atoms with Crippen LogP contribution in [0, 0.1) is 0 Å². The third kappa shape index (κ3) is 3.61. The van der Waals surface area contributed by atoms with E-state index in [4.69, 9.17) is 0 Å². The standard InChI is InChI=1S/C23H18F2N2O2/c1-2-17-11-15-7-6-10-20(16-12-19(14-26-13-16)29-23(24)25)21(15)22(28)27(17)18-8-4-3-5-9-18/h3-14,23H,2H2,1H3. The van der Waals surface area contributed by atoms with E-state index in [1.54, 1.807) is 10.6 Å². The lowest BCUT2D eigenvalue weighted by Crippen LogP contribution is -2.22. The van der Waals surface area contributed by atoms with Crippen LogP contribution in [0.4, 0.5) is 8.78 Å². The monoisotopic (exact) mass is 392 g/mol. The van der Waals surface area contributed by atoms with Gasteiger partial charge in [0, 0.05) is 23.1 Å². The first-order valence-electron chi connectivity index (χ1n) is 9.22. The summed E-state index contributed by atoms with van der Waals surface area (Å²) in [5.74, 6) is -0.0527. The minimum atomic E-state index is -2.94. The fourth-order valence-electron chi connectivity index (χ4n) is 3.51. The average molecular weight is 392 g/mol. The van der Waals surface area contributed by atoms with Crippen molar-refractivity contribution in [1.29, 1.82) is 0 Å². The van der Waals surface area contributed by atoms with E-state index in [1.165, 1.54) is 18.5 Å². The van der Waals surface area contributed by atoms with Gasteiger partial charge in [-0.15, -0.1) is 0 Å². The molecule has 146 valence electrons. The Labute approximate surface area is 166 Å². The number of aromatic nitrogens is 2. The van der Waals surface area contributed by atoms with E-state index in [1.807, 2.05) is 55.5 Å². The van der Waals surface area contributed by atoms with Crippen molar-refractivity contribution in [2.24, 2.45) is 0 Å². The molecule has 0 aliphatic heterocycles. The van der Waals surface area contributed by atoms with Crippen LogP contribution >= 0.6 is 0 Å². The lowest BCUT2D eigenvalue weighted by molar-refractivity contribution is -0.0500. The number of benzene rings is 2. The van der Waals surface area contributed by atoms with Crippen molar-refractivity contribution >= 4 is 10.8 Å². The Bertz CT molecular complexity index is 1220. The first-order chi connectivity index (χ1) is 14.1. The van der Waals surface area contributed by atoms with Crippen LogP contribution < -0.4 is 10.3 Å². The van der Waals surface area contributed by atoms with Gasteiger partial charge in [0.1, 0.15) is 5.75 Å². The Balaban J connectivity index is 1.99. The number of nitrogens with zero attached hydrogens (tertiary/aromatic N) is 2. The van der Waals surface area contributed by atoms with Crippen LogP contribution in [0.1, 0.15) is 12.6 Å². The molecule has 0 unspecified atom stereocenters. The number of ether oxygens (including phenoxy) is 1. The summed E-state index contributed by atoms with van der Waals surface area (Å²) in [5.41, 5.74) is 2.65. The number of alkyl halides is 2. The number of hydrogen-bond donors (Lipinski definition) is 0. The molecule has 2 aromatic carbocycles. The van der Waals surface area contributed by atoms with Crippen molar-refractivity contribution in [1.82, 2.24) is 9.55 Å². The van der Waals surface area contributed by atoms with Crippen LogP contribution in [0.2, 0.25) is 0 Å². The van der Waals surface area contributed by atoms with Gasteiger partial charge in [-0.05, 0) is 41.6 Å². The highest BCUT2D eigenvalue weighted by atomic mass is 19.3. The molecular formula is C23H18F2N2O2. The number of pyridine rings is 2. The molecule has 0 saturated carbocycles. The van der Waals surface area contributed by atoms with Gasteiger partial charge < -0.3 is 4.74 Å². The summed E-state index contributed by atoms with van der Waals surface area (Å²) in [7, 11) is 0. The molecule has 0 N–H and O–H groups in total. The zero-order valence-corrected chi connectivity index (χ0v) is 15.7. The molecule has 4 rings (SSSR count). The molecule has 0 aliphatic rings. The molecule has 4 nitrogen and oxygen atoms in total. The predicted octanol–water partition coefficient (Wildman–Crippen LogP) is 5.22. The summed E-state index contributed by atoms with van der Waals surface area (Å²) in [5, 5.41) is 1.29. The molecule has 2 heterocycles. The van der Waals surface area contributed by atoms with Crippen LogP contribution in [-0.2, 0) is 6.42 Å². The van der Waals surface area contributed by atoms with Crippen molar-refractivity contribution in [3.8, 4) is 22.6 Å². The highest BCUT2D eigenvalue weighted by molar-refractivity contribution is 5.96. The van der Waals surface area contributed by atoms with Crippen LogP contribution in [0.3, 0.4) is 0 Å². The van der Waals surface area contributed by atoms with Gasteiger partial charge in [-0.2, -0.15) is 8.78 Å². The first-order valence-corrected chi connectivity index (χ1v) is 9.22. The second-order valence-electron chi connectivity index (χ2n) is 6.52. The quantitative estimate of drug-likeness (QED) is 0.468. The van der Waals surface area contributed by atoms with Crippen molar-refractivity contribution < 1.29 is 13.5 Å². The van der Waals surface area contributed by atoms with E-state index >= 15 is 0 Å². The SMILES string of the molecule is CCc1cc2cccc(-c3cncc(OC(F)F)c3)c2c(=O)n1-c1ccccc1. The maximum Gasteiger partial charge on any atom is 0.387 e. The van der Waals surface area contributed by atoms with Gasteiger partial charge in [-0.25, -0.2) is 0 Å². The number of para-hydroxylation sites is 1. The number of halogens is 2. The summed E-state index contributed by atoms with van der Waals surface area (Å²) in [6.07, 6.45) is 3.44. The number of rotatable bonds is 5. The first kappa shape index (κ1) is 18.8. The highest BCUT2D eigenvalue weighted by Gasteiger charge is 2.15. The maximum absolute atomic E-state index is 13.6. The van der Waals surface area contributed by atoms with E-state index in [0.29, 0.717) is 22.9 Å². The fourth-order valence-corrected chi connectivity index (χ4v) is 3.51. The molecule has 0 saturated heterocycles. The zero-order valence-electron chi connectivity index (χ0n) is 15.7. The third-order valence-corrected chi connectivity index (χ3v) is 4.75. The molecule has 0 bridgehead atoms. The summed E-state index contributed by atoms with van der Waals surface area (Å²) in [6.45, 7) is -0.944. The topological polar surface area (TPSA) is 44.1 Å². The van der Waals surface area contributed by atoms with E-state index in [-0.39, 0.29) is 11.3 Å². The van der Waals surface area contributed by atoms with Gasteiger partial charge >= 0.3 is 6.61 Å². The van der Waals surface area contributed by atoms with Gasteiger partial charge in [0.25, 0.3) is 5.56 Å². The second-order valence-corrected chi connectivity index (χ2v) is 6.52. The van der Waals surface area contributed by atoms with Gasteiger partial charge in [0.05, 0.1) is 11.6 Å². The Morgan fingerprint density at radius 1 is 1.03 bits per heavy atom. The zero-order chi connectivity index (χ0) is 20.4. The normalized spacial score (nSPS) is 11.2. The van der Waals surface area contributed by atoms with Crippen LogP contribution in [-0.4, -0.2) is 16.2 Å². The van der Waals surface area contributed by atoms with Crippen LogP contribution in [0.15, 0.2) is 77.9 Å². The van der Waals surface area contributed by atoms with E-state index in [0.717, 1.165) is 16.8 Å². The van der Waals surface area contributed by atoms with Crippen molar-refractivity contribution in [3.05, 3.63) is 89.1 Å². The molecule has 6 heteroatoms. The highest BCUT2D eigenvalue weighted by Crippen LogP contribution is 2.29. The summed E-state index contributed by atoms with van der Waals surface area (Å²) in [6, 6.07) is 18.4. The van der Waals surface area contributed by atoms with Gasteiger partial charge in [-0.1, -0.05) is 43.3 Å². The molecule has 0 radical (unpaired) electrons. The van der Waals surface area contributed by atoms with Crippen LogP contribution in [0.5, 0.6) is 5.75 Å². The maximum atomic E-state index is 13.6. The fraction of sp³-hybridized carbons (Fsp3) is 0.130. The Morgan fingerprint density at radius 2 is 1.83 bits per heavy atom. The second kappa shape index (κ2) is 7.83. The Kier molecular flexibility index (Phi) is 5.08. The molecule has 0 aliphatic carbocycles. The summed E-state index contributed by atoms with van der Waals surface area (Å²) < 4.78 is 31.3. The smallest absolute Gasteiger partial charge is 0.387 e. The molecule has 0 fully saturated rings. The Hall–Kier alpha value is -3.54. The van der Waals surface area contributed by atoms with Crippen molar-refractivity contribution in [2.45, 2.75) is 20.0 Å². The molecule has 29 heavy (non-hydrogen) atoms. The lowest BCUT2D eigenvalue weighted by Gasteiger charge is -2.15. The summed E-state index contributed by atoms with van der Waals surface area (Å²) in [4.78, 5) is 17.6. The van der Waals surface area contributed by atoms with Gasteiger partial charge in [-0.3, -0.25) is 14.3 Å².